The molecule has 6 heteroatoms. The fourth-order valence-corrected chi connectivity index (χ4v) is 2.43. The number of hydrogen-bond acceptors (Lipinski definition) is 1. The lowest BCUT2D eigenvalue weighted by Crippen LogP contribution is -2.24. The number of aromatic nitrogens is 1. The van der Waals surface area contributed by atoms with Crippen molar-refractivity contribution in [2.75, 3.05) is 0 Å². The Morgan fingerprint density at radius 3 is 2.35 bits per heavy atom. The first kappa shape index (κ1) is 14.8. The molecule has 2 aromatic rings. The first-order valence-corrected chi connectivity index (χ1v) is 6.75. The maximum Gasteiger partial charge on any atom is 0.251 e. The molecule has 2 nitrogen and oxygen atoms in total. The fraction of sp³-hybridized carbons (Fsp3) is 0.214. The van der Waals surface area contributed by atoms with Crippen LogP contribution in [-0.4, -0.2) is 4.57 Å². The predicted molar refractivity (Wildman–Crippen MR) is 73.1 cm³/mol. The average Bonchev–Trinajstić information content (AvgIpc) is 2.40. The Morgan fingerprint density at radius 2 is 1.80 bits per heavy atom. The molecule has 0 saturated carbocycles. The Labute approximate surface area is 122 Å². The SMILES string of the molecule is CCC(c1cc(F)c(F)c(F)c1)n1cc(Br)ccc1=O. The molecule has 0 aliphatic rings. The van der Waals surface area contributed by atoms with Crippen LogP contribution in [0.5, 0.6) is 0 Å². The number of halogens is 4. The molecule has 0 aliphatic carbocycles. The highest BCUT2D eigenvalue weighted by molar-refractivity contribution is 9.10. The van der Waals surface area contributed by atoms with E-state index in [2.05, 4.69) is 15.9 Å². The summed E-state index contributed by atoms with van der Waals surface area (Å²) in [5.74, 6) is -4.03. The minimum absolute atomic E-state index is 0.212. The molecule has 1 aromatic carbocycles. The molecule has 2 rings (SSSR count). The molecule has 1 unspecified atom stereocenters. The zero-order chi connectivity index (χ0) is 14.9. The van der Waals surface area contributed by atoms with Gasteiger partial charge in [-0.15, -0.1) is 0 Å². The highest BCUT2D eigenvalue weighted by Crippen LogP contribution is 2.25. The van der Waals surface area contributed by atoms with Crippen molar-refractivity contribution in [1.29, 1.82) is 0 Å². The van der Waals surface area contributed by atoms with E-state index in [1.54, 1.807) is 13.0 Å². The van der Waals surface area contributed by atoms with E-state index in [1.807, 2.05) is 0 Å². The van der Waals surface area contributed by atoms with E-state index in [9.17, 15) is 18.0 Å². The topological polar surface area (TPSA) is 22.0 Å². The third kappa shape index (κ3) is 2.80. The third-order valence-electron chi connectivity index (χ3n) is 3.02. The first-order chi connectivity index (χ1) is 9.43. The van der Waals surface area contributed by atoms with Gasteiger partial charge < -0.3 is 4.57 Å². The van der Waals surface area contributed by atoms with Gasteiger partial charge in [0.25, 0.3) is 5.56 Å². The summed E-state index contributed by atoms with van der Waals surface area (Å²) in [6.07, 6.45) is 1.97. The van der Waals surface area contributed by atoms with E-state index < -0.39 is 23.5 Å². The standard InChI is InChI=1S/C14H11BrF3NO/c1-2-12(19-7-9(15)3-4-13(19)20)8-5-10(16)14(18)11(17)6-8/h3-7,12H,2H2,1H3. The van der Waals surface area contributed by atoms with E-state index in [0.717, 1.165) is 12.1 Å². The van der Waals surface area contributed by atoms with Gasteiger partial charge in [-0.05, 0) is 46.1 Å². The van der Waals surface area contributed by atoms with E-state index in [1.165, 1.54) is 16.8 Å². The minimum atomic E-state index is -1.51. The van der Waals surface area contributed by atoms with Crippen LogP contribution in [0.2, 0.25) is 0 Å². The van der Waals surface area contributed by atoms with Crippen molar-refractivity contribution >= 4 is 15.9 Å². The first-order valence-electron chi connectivity index (χ1n) is 5.96. The molecule has 0 saturated heterocycles. The predicted octanol–water partition coefficient (Wildman–Crippen LogP) is 4.03. The van der Waals surface area contributed by atoms with Crippen LogP contribution >= 0.6 is 15.9 Å². The van der Waals surface area contributed by atoms with Gasteiger partial charge in [0.05, 0.1) is 6.04 Å². The molecule has 1 aromatic heterocycles. The second-order valence-corrected chi connectivity index (χ2v) is 5.23. The van der Waals surface area contributed by atoms with Gasteiger partial charge in [-0.2, -0.15) is 0 Å². The number of pyridine rings is 1. The Hall–Kier alpha value is -1.56. The van der Waals surface area contributed by atoms with Crippen molar-refractivity contribution < 1.29 is 13.2 Å². The molecule has 1 atom stereocenters. The van der Waals surface area contributed by atoms with Crippen LogP contribution in [0.1, 0.15) is 24.9 Å². The second-order valence-electron chi connectivity index (χ2n) is 4.32. The number of rotatable bonds is 3. The molecule has 106 valence electrons. The summed E-state index contributed by atoms with van der Waals surface area (Å²) in [5, 5.41) is 0. The van der Waals surface area contributed by atoms with Crippen molar-refractivity contribution in [2.45, 2.75) is 19.4 Å². The molecule has 0 radical (unpaired) electrons. The molecular formula is C14H11BrF3NO. The summed E-state index contributed by atoms with van der Waals surface area (Å²) in [6.45, 7) is 1.77. The zero-order valence-corrected chi connectivity index (χ0v) is 12.1. The summed E-state index contributed by atoms with van der Waals surface area (Å²) >= 11 is 3.24. The van der Waals surface area contributed by atoms with Gasteiger partial charge in [-0.25, -0.2) is 13.2 Å². The quantitative estimate of drug-likeness (QED) is 0.770. The van der Waals surface area contributed by atoms with Gasteiger partial charge >= 0.3 is 0 Å². The molecule has 0 spiro atoms. The Balaban J connectivity index is 2.58. The lowest BCUT2D eigenvalue weighted by molar-refractivity contribution is 0.439. The number of nitrogens with zero attached hydrogens (tertiary/aromatic N) is 1. The maximum absolute atomic E-state index is 13.3. The smallest absolute Gasteiger partial charge is 0.251 e. The molecular weight excluding hydrogens is 335 g/mol. The van der Waals surface area contributed by atoms with Crippen LogP contribution in [0.3, 0.4) is 0 Å². The number of benzene rings is 1. The van der Waals surface area contributed by atoms with Crippen molar-refractivity contribution in [3.63, 3.8) is 0 Å². The van der Waals surface area contributed by atoms with Gasteiger partial charge in [0, 0.05) is 16.7 Å². The normalized spacial score (nSPS) is 12.4. The van der Waals surface area contributed by atoms with E-state index in [0.29, 0.717) is 10.9 Å². The van der Waals surface area contributed by atoms with Gasteiger partial charge in [0.2, 0.25) is 0 Å². The second kappa shape index (κ2) is 5.83. The highest BCUT2D eigenvalue weighted by Gasteiger charge is 2.18. The number of hydrogen-bond donors (Lipinski definition) is 0. The lowest BCUT2D eigenvalue weighted by atomic mass is 10.0. The highest BCUT2D eigenvalue weighted by atomic mass is 79.9. The van der Waals surface area contributed by atoms with Crippen LogP contribution in [0.25, 0.3) is 0 Å². The molecule has 1 heterocycles. The van der Waals surface area contributed by atoms with Crippen LogP contribution in [0.15, 0.2) is 39.7 Å². The van der Waals surface area contributed by atoms with Crippen molar-refractivity contribution in [1.82, 2.24) is 4.57 Å². The summed E-state index contributed by atoms with van der Waals surface area (Å²) in [7, 11) is 0. The molecule has 0 fully saturated rings. The molecule has 0 amide bonds. The van der Waals surface area contributed by atoms with Crippen LogP contribution in [-0.2, 0) is 0 Å². The zero-order valence-electron chi connectivity index (χ0n) is 10.5. The van der Waals surface area contributed by atoms with Gasteiger partial charge in [0.15, 0.2) is 17.5 Å². The van der Waals surface area contributed by atoms with Crippen LogP contribution < -0.4 is 5.56 Å². The van der Waals surface area contributed by atoms with Gasteiger partial charge in [0.1, 0.15) is 0 Å². The lowest BCUT2D eigenvalue weighted by Gasteiger charge is -2.19. The van der Waals surface area contributed by atoms with Crippen molar-refractivity contribution in [3.8, 4) is 0 Å². The monoisotopic (exact) mass is 345 g/mol. The van der Waals surface area contributed by atoms with Crippen molar-refractivity contribution in [2.24, 2.45) is 0 Å². The van der Waals surface area contributed by atoms with Crippen LogP contribution in [0, 0.1) is 17.5 Å². The summed E-state index contributed by atoms with van der Waals surface area (Å²) in [5.41, 5.74) is -0.0886. The summed E-state index contributed by atoms with van der Waals surface area (Å²) < 4.78 is 41.7. The summed E-state index contributed by atoms with van der Waals surface area (Å²) in [4.78, 5) is 11.9. The van der Waals surface area contributed by atoms with E-state index in [4.69, 9.17) is 0 Å². The molecule has 0 bridgehead atoms. The third-order valence-corrected chi connectivity index (χ3v) is 3.48. The van der Waals surface area contributed by atoms with Gasteiger partial charge in [-0.1, -0.05) is 6.92 Å². The minimum Gasteiger partial charge on any atom is -0.307 e. The fourth-order valence-electron chi connectivity index (χ4n) is 2.08. The Kier molecular flexibility index (Phi) is 4.32. The van der Waals surface area contributed by atoms with E-state index in [-0.39, 0.29) is 11.1 Å². The largest absolute Gasteiger partial charge is 0.307 e. The average molecular weight is 346 g/mol. The van der Waals surface area contributed by atoms with E-state index >= 15 is 0 Å². The van der Waals surface area contributed by atoms with Crippen LogP contribution in [0.4, 0.5) is 13.2 Å². The Morgan fingerprint density at radius 1 is 1.20 bits per heavy atom. The van der Waals surface area contributed by atoms with Gasteiger partial charge in [-0.3, -0.25) is 4.79 Å². The maximum atomic E-state index is 13.3. The molecule has 0 N–H and O–H groups in total. The Bertz CT molecular complexity index is 676. The summed E-state index contributed by atoms with van der Waals surface area (Å²) in [6, 6.07) is 4.20. The molecule has 20 heavy (non-hydrogen) atoms. The van der Waals surface area contributed by atoms with Crippen molar-refractivity contribution in [3.05, 3.63) is 68.3 Å². The molecule has 0 aliphatic heterocycles.